The van der Waals surface area contributed by atoms with Crippen LogP contribution in [0.4, 0.5) is 11.4 Å². The van der Waals surface area contributed by atoms with Gasteiger partial charge in [-0.1, -0.05) is 60.7 Å². The van der Waals surface area contributed by atoms with Gasteiger partial charge in [0.2, 0.25) is 20.0 Å². The Morgan fingerprint density at radius 2 is 0.885 bits per heavy atom. The minimum absolute atomic E-state index is 0.0986. The summed E-state index contributed by atoms with van der Waals surface area (Å²) < 4.78 is 57.8. The Morgan fingerprint density at radius 3 is 1.21 bits per heavy atom. The highest BCUT2D eigenvalue weighted by Crippen LogP contribution is 2.49. The number of ketones is 1. The van der Waals surface area contributed by atoms with Gasteiger partial charge in [-0.15, -0.1) is 0 Å². The normalized spacial score (nSPS) is 17.5. The van der Waals surface area contributed by atoms with E-state index < -0.39 is 79.1 Å². The number of piperazine rings is 2. The third-order valence-corrected chi connectivity index (χ3v) is 13.5. The maximum absolute atomic E-state index is 13.9. The molecule has 0 radical (unpaired) electrons. The summed E-state index contributed by atoms with van der Waals surface area (Å²) in [6.45, 7) is 3.23. The first kappa shape index (κ1) is 35.5. The van der Waals surface area contributed by atoms with Crippen molar-refractivity contribution in [1.29, 1.82) is 0 Å². The molecule has 0 aromatic heterocycles. The second kappa shape index (κ2) is 13.9. The van der Waals surface area contributed by atoms with Crippen molar-refractivity contribution in [2.75, 3.05) is 52.4 Å². The van der Waals surface area contributed by atoms with Gasteiger partial charge in [-0.25, -0.2) is 16.8 Å². The van der Waals surface area contributed by atoms with Gasteiger partial charge in [-0.05, 0) is 23.3 Å². The molecule has 4 aromatic carbocycles. The Balaban J connectivity index is 1.17. The number of fused-ring (bicyclic) bond motifs is 3. The number of nitro benzene ring substituents is 2. The molecule has 17 heteroatoms. The summed E-state index contributed by atoms with van der Waals surface area (Å²) in [5, 5.41) is 24.8. The molecular formula is C35H34N6O9S2. The SMILES string of the molecule is O=C1c2cc(S(=O)(=O)N3CCN(Cc4ccccc4)CC3)cc([N+](=O)[O-])c2-c2c1cc(S(=O)(=O)N1CCN(Cc3ccccc3)CC1)cc2[N+](=O)[O-]. The molecule has 2 aliphatic heterocycles. The van der Waals surface area contributed by atoms with Crippen LogP contribution in [0, 0.1) is 20.2 Å². The molecule has 3 aliphatic rings. The van der Waals surface area contributed by atoms with Crippen LogP contribution in [0.1, 0.15) is 27.0 Å². The Hall–Kier alpha value is -4.91. The fourth-order valence-electron chi connectivity index (χ4n) is 7.05. The summed E-state index contributed by atoms with van der Waals surface area (Å²) in [5.74, 6) is -0.939. The van der Waals surface area contributed by atoms with Crippen molar-refractivity contribution in [2.45, 2.75) is 22.9 Å². The van der Waals surface area contributed by atoms with Crippen molar-refractivity contribution >= 4 is 37.2 Å². The molecule has 0 bridgehead atoms. The van der Waals surface area contributed by atoms with E-state index in [0.29, 0.717) is 39.3 Å². The van der Waals surface area contributed by atoms with Gasteiger partial charge in [0.05, 0.1) is 30.8 Å². The van der Waals surface area contributed by atoms with E-state index in [2.05, 4.69) is 9.80 Å². The van der Waals surface area contributed by atoms with Crippen LogP contribution < -0.4 is 0 Å². The lowest BCUT2D eigenvalue weighted by Gasteiger charge is -2.34. The first-order chi connectivity index (χ1) is 24.8. The molecule has 0 amide bonds. The topological polar surface area (TPSA) is 185 Å². The van der Waals surface area contributed by atoms with Crippen LogP contribution in [0.15, 0.2) is 94.7 Å². The van der Waals surface area contributed by atoms with E-state index in [9.17, 15) is 41.9 Å². The van der Waals surface area contributed by atoms with Gasteiger partial charge in [-0.2, -0.15) is 8.61 Å². The zero-order valence-corrected chi connectivity index (χ0v) is 29.5. The van der Waals surface area contributed by atoms with Gasteiger partial charge in [0, 0.05) is 88.7 Å². The van der Waals surface area contributed by atoms with Gasteiger partial charge in [0.25, 0.3) is 11.4 Å². The van der Waals surface area contributed by atoms with Crippen molar-refractivity contribution in [2.24, 2.45) is 0 Å². The lowest BCUT2D eigenvalue weighted by molar-refractivity contribution is -0.386. The second-order valence-electron chi connectivity index (χ2n) is 12.9. The summed E-state index contributed by atoms with van der Waals surface area (Å²) in [4.78, 5) is 40.1. The molecule has 0 spiro atoms. The van der Waals surface area contributed by atoms with Crippen molar-refractivity contribution in [3.05, 3.63) is 127 Å². The molecule has 7 rings (SSSR count). The van der Waals surface area contributed by atoms with E-state index in [0.717, 1.165) is 35.4 Å². The molecule has 1 aliphatic carbocycles. The van der Waals surface area contributed by atoms with E-state index in [1.54, 1.807) is 0 Å². The molecule has 0 atom stereocenters. The Kier molecular flexibility index (Phi) is 9.49. The number of nitro groups is 2. The minimum atomic E-state index is -4.33. The minimum Gasteiger partial charge on any atom is -0.296 e. The number of hydrogen-bond acceptors (Lipinski definition) is 11. The van der Waals surface area contributed by atoms with Gasteiger partial charge >= 0.3 is 0 Å². The number of carbonyl (C=O) groups is 1. The highest BCUT2D eigenvalue weighted by Gasteiger charge is 2.43. The third kappa shape index (κ3) is 6.62. The van der Waals surface area contributed by atoms with E-state index in [1.807, 2.05) is 60.7 Å². The predicted molar refractivity (Wildman–Crippen MR) is 190 cm³/mol. The summed E-state index contributed by atoms with van der Waals surface area (Å²) >= 11 is 0. The highest BCUT2D eigenvalue weighted by atomic mass is 32.2. The average Bonchev–Trinajstić information content (AvgIpc) is 3.43. The first-order valence-electron chi connectivity index (χ1n) is 16.6. The molecule has 0 unspecified atom stereocenters. The summed E-state index contributed by atoms with van der Waals surface area (Å²) in [5.41, 5.74) is -1.15. The lowest BCUT2D eigenvalue weighted by Crippen LogP contribution is -2.48. The summed E-state index contributed by atoms with van der Waals surface area (Å²) in [6, 6.07) is 23.0. The third-order valence-electron chi connectivity index (χ3n) is 9.75. The van der Waals surface area contributed by atoms with Gasteiger partial charge in [-0.3, -0.25) is 34.8 Å². The largest absolute Gasteiger partial charge is 0.296 e. The summed E-state index contributed by atoms with van der Waals surface area (Å²) in [6.07, 6.45) is 0. The molecule has 15 nitrogen and oxygen atoms in total. The van der Waals surface area contributed by atoms with Gasteiger partial charge < -0.3 is 0 Å². The molecule has 2 saturated heterocycles. The van der Waals surface area contributed by atoms with Crippen LogP contribution in [0.5, 0.6) is 0 Å². The molecule has 4 aromatic rings. The van der Waals surface area contributed by atoms with Crippen LogP contribution in [0.2, 0.25) is 0 Å². The number of benzene rings is 4. The fourth-order valence-corrected chi connectivity index (χ4v) is 9.99. The number of nitrogens with zero attached hydrogens (tertiary/aromatic N) is 6. The Bertz CT molecular complexity index is 2130. The molecule has 52 heavy (non-hydrogen) atoms. The molecule has 2 fully saturated rings. The Morgan fingerprint density at radius 1 is 0.538 bits per heavy atom. The molecule has 0 N–H and O–H groups in total. The molecular weight excluding hydrogens is 713 g/mol. The van der Waals surface area contributed by atoms with Crippen LogP contribution in [-0.4, -0.2) is 103 Å². The summed E-state index contributed by atoms with van der Waals surface area (Å²) in [7, 11) is -8.67. The average molecular weight is 747 g/mol. The van der Waals surface area contributed by atoms with Gasteiger partial charge in [0.1, 0.15) is 0 Å². The number of rotatable bonds is 10. The second-order valence-corrected chi connectivity index (χ2v) is 16.8. The number of hydrogen-bond donors (Lipinski definition) is 0. The maximum atomic E-state index is 13.9. The number of sulfonamides is 2. The van der Waals surface area contributed by atoms with E-state index in [4.69, 9.17) is 0 Å². The van der Waals surface area contributed by atoms with E-state index >= 15 is 0 Å². The monoisotopic (exact) mass is 746 g/mol. The number of carbonyl (C=O) groups excluding carboxylic acids is 1. The quantitative estimate of drug-likeness (QED) is 0.150. The molecule has 270 valence electrons. The van der Waals surface area contributed by atoms with Crippen molar-refractivity contribution in [3.8, 4) is 11.1 Å². The predicted octanol–water partition coefficient (Wildman–Crippen LogP) is 3.73. The molecule has 0 saturated carbocycles. The smallest absolute Gasteiger partial charge is 0.279 e. The maximum Gasteiger partial charge on any atom is 0.279 e. The van der Waals surface area contributed by atoms with Gasteiger partial charge in [0.15, 0.2) is 5.78 Å². The van der Waals surface area contributed by atoms with Crippen LogP contribution in [0.3, 0.4) is 0 Å². The Labute approximate surface area is 300 Å². The molecule has 2 heterocycles. The van der Waals surface area contributed by atoms with Crippen molar-refractivity contribution in [1.82, 2.24) is 18.4 Å². The lowest BCUT2D eigenvalue weighted by atomic mass is 10.0. The zero-order chi connectivity index (χ0) is 36.8. The highest BCUT2D eigenvalue weighted by molar-refractivity contribution is 7.89. The standard InChI is InChI=1S/C35H34N6O9S2/c42-35-29-19-27(51(47,48)38-15-11-36(12-16-38)23-25-7-3-1-4-8-25)21-31(40(43)44)33(29)34-30(35)20-28(22-32(34)41(45)46)52(49,50)39-17-13-37(14-18-39)24-26-9-5-2-6-10-26/h1-10,19-22H,11-18,23-24H2. The van der Waals surface area contributed by atoms with Crippen LogP contribution in [0.25, 0.3) is 11.1 Å². The van der Waals surface area contributed by atoms with Crippen LogP contribution >= 0.6 is 0 Å². The van der Waals surface area contributed by atoms with Crippen molar-refractivity contribution < 1.29 is 31.5 Å². The van der Waals surface area contributed by atoms with Crippen LogP contribution in [-0.2, 0) is 33.1 Å². The first-order valence-corrected chi connectivity index (χ1v) is 19.5. The van der Waals surface area contributed by atoms with E-state index in [-0.39, 0.29) is 26.2 Å². The fraction of sp³-hybridized carbons (Fsp3) is 0.286. The van der Waals surface area contributed by atoms with Crippen molar-refractivity contribution in [3.63, 3.8) is 0 Å². The zero-order valence-electron chi connectivity index (χ0n) is 27.8. The van der Waals surface area contributed by atoms with E-state index in [1.165, 1.54) is 8.61 Å².